The van der Waals surface area contributed by atoms with Gasteiger partial charge in [0.1, 0.15) is 11.2 Å². The average Bonchev–Trinajstić information content (AvgIpc) is 3.61. The van der Waals surface area contributed by atoms with Gasteiger partial charge in [-0.2, -0.15) is 0 Å². The van der Waals surface area contributed by atoms with E-state index in [0.717, 1.165) is 60.5 Å². The van der Waals surface area contributed by atoms with E-state index in [1.807, 2.05) is 24.3 Å². The summed E-state index contributed by atoms with van der Waals surface area (Å²) >= 11 is 0. The Morgan fingerprint density at radius 2 is 0.868 bits per heavy atom. The topological polar surface area (TPSA) is 51.8 Å². The molecule has 0 atom stereocenters. The van der Waals surface area contributed by atoms with E-state index >= 15 is 0 Å². The predicted molar refractivity (Wildman–Crippen MR) is 219 cm³/mol. The molecule has 0 radical (unpaired) electrons. The SMILES string of the molecule is c1ccc(-c2cc(-c3nc(-c4ccc5ccccc5c4)nc(-c4ccc5c(ccc6c7ccccc7ccc56)c4)n3)c3c(c2)oc2ccccc23)cc1. The Hall–Kier alpha value is -7.17. The predicted octanol–water partition coefficient (Wildman–Crippen LogP) is 13.1. The first-order valence-electron chi connectivity index (χ1n) is 17.8. The summed E-state index contributed by atoms with van der Waals surface area (Å²) in [4.78, 5) is 15.7. The van der Waals surface area contributed by atoms with Gasteiger partial charge in [-0.05, 0) is 84.5 Å². The summed E-state index contributed by atoms with van der Waals surface area (Å²) in [5.41, 5.74) is 6.50. The van der Waals surface area contributed by atoms with Crippen LogP contribution in [-0.4, -0.2) is 15.0 Å². The zero-order valence-corrected chi connectivity index (χ0v) is 28.5. The Morgan fingerprint density at radius 1 is 0.302 bits per heavy atom. The van der Waals surface area contributed by atoms with Crippen molar-refractivity contribution in [3.8, 4) is 45.3 Å². The van der Waals surface area contributed by atoms with Crippen LogP contribution < -0.4 is 0 Å². The molecule has 53 heavy (non-hydrogen) atoms. The van der Waals surface area contributed by atoms with Crippen molar-refractivity contribution >= 4 is 65.0 Å². The molecule has 0 unspecified atom stereocenters. The zero-order chi connectivity index (χ0) is 34.9. The lowest BCUT2D eigenvalue weighted by atomic mass is 9.96. The summed E-state index contributed by atoms with van der Waals surface area (Å²) < 4.78 is 6.49. The van der Waals surface area contributed by atoms with Gasteiger partial charge in [-0.15, -0.1) is 0 Å². The highest BCUT2D eigenvalue weighted by atomic mass is 16.3. The van der Waals surface area contributed by atoms with Gasteiger partial charge < -0.3 is 4.42 Å². The van der Waals surface area contributed by atoms with Gasteiger partial charge >= 0.3 is 0 Å². The van der Waals surface area contributed by atoms with Crippen molar-refractivity contribution in [1.29, 1.82) is 0 Å². The Morgan fingerprint density at radius 3 is 1.68 bits per heavy atom. The van der Waals surface area contributed by atoms with Gasteiger partial charge in [-0.1, -0.05) is 146 Å². The molecule has 4 nitrogen and oxygen atoms in total. The van der Waals surface area contributed by atoms with E-state index in [0.29, 0.717) is 17.5 Å². The highest BCUT2D eigenvalue weighted by Crippen LogP contribution is 2.40. The number of benzene rings is 9. The maximum absolute atomic E-state index is 6.49. The van der Waals surface area contributed by atoms with Crippen LogP contribution in [0.3, 0.4) is 0 Å². The van der Waals surface area contributed by atoms with Crippen LogP contribution in [0.25, 0.3) is 110 Å². The molecule has 9 aromatic carbocycles. The molecule has 4 heteroatoms. The molecule has 0 aliphatic heterocycles. The summed E-state index contributed by atoms with van der Waals surface area (Å²) in [5.74, 6) is 1.83. The van der Waals surface area contributed by atoms with Gasteiger partial charge in [0, 0.05) is 27.5 Å². The number of aromatic nitrogens is 3. The van der Waals surface area contributed by atoms with Crippen LogP contribution in [0.4, 0.5) is 0 Å². The highest BCUT2D eigenvalue weighted by molar-refractivity contribution is 6.17. The highest BCUT2D eigenvalue weighted by Gasteiger charge is 2.20. The van der Waals surface area contributed by atoms with Crippen LogP contribution in [0.1, 0.15) is 0 Å². The van der Waals surface area contributed by atoms with Crippen LogP contribution in [-0.2, 0) is 0 Å². The third kappa shape index (κ3) is 4.88. The molecule has 0 saturated carbocycles. The fraction of sp³-hybridized carbons (Fsp3) is 0. The first kappa shape index (κ1) is 29.5. The minimum atomic E-state index is 0.595. The fourth-order valence-corrected chi connectivity index (χ4v) is 7.88. The monoisotopic (exact) mass is 675 g/mol. The number of hydrogen-bond donors (Lipinski definition) is 0. The smallest absolute Gasteiger partial charge is 0.164 e. The molecule has 0 spiro atoms. The third-order valence-corrected chi connectivity index (χ3v) is 10.5. The van der Waals surface area contributed by atoms with Gasteiger partial charge in [0.05, 0.1) is 0 Å². The second-order valence-electron chi connectivity index (χ2n) is 13.6. The standard InChI is InChI=1S/C49H29N3O/c1-2-10-30(11-3-1)37-28-43(46-42-16-8-9-17-44(42)53-45(46)29-37)49-51-47(35-19-18-31-12-4-5-14-33(31)26-35)50-48(52-49)36-22-23-39-34(27-36)21-25-40-38-15-7-6-13-32(38)20-24-41(39)40/h1-29H. The summed E-state index contributed by atoms with van der Waals surface area (Å²) in [5, 5.41) is 11.6. The summed E-state index contributed by atoms with van der Waals surface area (Å²) in [7, 11) is 0. The maximum atomic E-state index is 6.49. The van der Waals surface area contributed by atoms with E-state index in [1.165, 1.54) is 32.3 Å². The fourth-order valence-electron chi connectivity index (χ4n) is 7.88. The molecular weight excluding hydrogens is 647 g/mol. The average molecular weight is 676 g/mol. The van der Waals surface area contributed by atoms with Gasteiger partial charge in [-0.25, -0.2) is 15.0 Å². The summed E-state index contributed by atoms with van der Waals surface area (Å²) in [6.07, 6.45) is 0. The molecule has 0 fully saturated rings. The number of rotatable bonds is 4. The lowest BCUT2D eigenvalue weighted by molar-refractivity contribution is 0.669. The van der Waals surface area contributed by atoms with Gasteiger partial charge in [0.25, 0.3) is 0 Å². The number of para-hydroxylation sites is 1. The van der Waals surface area contributed by atoms with Gasteiger partial charge in [-0.3, -0.25) is 0 Å². The van der Waals surface area contributed by atoms with Crippen LogP contribution in [0.15, 0.2) is 180 Å². The lowest BCUT2D eigenvalue weighted by Gasteiger charge is -2.12. The number of nitrogens with zero attached hydrogens (tertiary/aromatic N) is 3. The van der Waals surface area contributed by atoms with Crippen molar-refractivity contribution in [3.63, 3.8) is 0 Å². The Kier molecular flexibility index (Phi) is 6.52. The quantitative estimate of drug-likeness (QED) is 0.174. The second kappa shape index (κ2) is 11.7. The van der Waals surface area contributed by atoms with Crippen molar-refractivity contribution in [2.24, 2.45) is 0 Å². The van der Waals surface area contributed by atoms with Crippen LogP contribution in [0.5, 0.6) is 0 Å². The molecule has 0 bridgehead atoms. The lowest BCUT2D eigenvalue weighted by Crippen LogP contribution is -2.01. The molecular formula is C49H29N3O. The van der Waals surface area contributed by atoms with Crippen molar-refractivity contribution < 1.29 is 4.42 Å². The van der Waals surface area contributed by atoms with E-state index in [4.69, 9.17) is 19.4 Å². The van der Waals surface area contributed by atoms with Crippen LogP contribution in [0.2, 0.25) is 0 Å². The molecule has 0 aliphatic carbocycles. The molecule has 2 aromatic heterocycles. The molecule has 0 N–H and O–H groups in total. The molecule has 0 amide bonds. The number of furan rings is 1. The van der Waals surface area contributed by atoms with Crippen molar-refractivity contribution in [2.45, 2.75) is 0 Å². The number of fused-ring (bicyclic) bond motifs is 9. The van der Waals surface area contributed by atoms with Crippen molar-refractivity contribution in [2.75, 3.05) is 0 Å². The van der Waals surface area contributed by atoms with E-state index < -0.39 is 0 Å². The largest absolute Gasteiger partial charge is 0.456 e. The van der Waals surface area contributed by atoms with Gasteiger partial charge in [0.15, 0.2) is 17.5 Å². The van der Waals surface area contributed by atoms with E-state index in [-0.39, 0.29) is 0 Å². The van der Waals surface area contributed by atoms with E-state index in [9.17, 15) is 0 Å². The molecule has 246 valence electrons. The first-order valence-corrected chi connectivity index (χ1v) is 17.8. The normalized spacial score (nSPS) is 11.8. The minimum Gasteiger partial charge on any atom is -0.456 e. The van der Waals surface area contributed by atoms with E-state index in [2.05, 4.69) is 152 Å². The molecule has 11 rings (SSSR count). The van der Waals surface area contributed by atoms with Crippen LogP contribution in [0, 0.1) is 0 Å². The Bertz CT molecular complexity index is 3240. The Balaban J connectivity index is 1.17. The molecule has 11 aromatic rings. The summed E-state index contributed by atoms with van der Waals surface area (Å²) in [6.45, 7) is 0. The minimum absolute atomic E-state index is 0.595. The van der Waals surface area contributed by atoms with Gasteiger partial charge in [0.2, 0.25) is 0 Å². The zero-order valence-electron chi connectivity index (χ0n) is 28.5. The molecule has 2 heterocycles. The van der Waals surface area contributed by atoms with Crippen LogP contribution >= 0.6 is 0 Å². The Labute approximate surface area is 304 Å². The molecule has 0 aliphatic rings. The van der Waals surface area contributed by atoms with E-state index in [1.54, 1.807) is 0 Å². The maximum Gasteiger partial charge on any atom is 0.164 e. The second-order valence-corrected chi connectivity index (χ2v) is 13.6. The van der Waals surface area contributed by atoms with Crippen molar-refractivity contribution in [1.82, 2.24) is 15.0 Å². The first-order chi connectivity index (χ1) is 26.2. The number of hydrogen-bond acceptors (Lipinski definition) is 4. The summed E-state index contributed by atoms with van der Waals surface area (Å²) in [6, 6.07) is 61.7. The van der Waals surface area contributed by atoms with Crippen molar-refractivity contribution in [3.05, 3.63) is 176 Å². The molecule has 0 saturated heterocycles. The third-order valence-electron chi connectivity index (χ3n) is 10.5.